The van der Waals surface area contributed by atoms with Crippen molar-refractivity contribution in [2.24, 2.45) is 5.73 Å². The number of aromatic nitrogens is 1. The lowest BCUT2D eigenvalue weighted by Crippen LogP contribution is -2.48. The van der Waals surface area contributed by atoms with Crippen LogP contribution in [0.3, 0.4) is 0 Å². The van der Waals surface area contributed by atoms with Gasteiger partial charge in [0.1, 0.15) is 23.0 Å². The van der Waals surface area contributed by atoms with E-state index in [0.29, 0.717) is 31.6 Å². The number of primary amides is 1. The molecule has 1 aliphatic carbocycles. The van der Waals surface area contributed by atoms with E-state index in [1.54, 1.807) is 6.92 Å². The van der Waals surface area contributed by atoms with Gasteiger partial charge >= 0.3 is 6.03 Å². The van der Waals surface area contributed by atoms with Crippen molar-refractivity contribution < 1.29 is 28.3 Å². The quantitative estimate of drug-likeness (QED) is 0.303. The van der Waals surface area contributed by atoms with Crippen LogP contribution in [-0.2, 0) is 11.4 Å². The summed E-state index contributed by atoms with van der Waals surface area (Å²) >= 11 is 0.812. The van der Waals surface area contributed by atoms with Crippen LogP contribution in [0.1, 0.15) is 52.5 Å². The lowest BCUT2D eigenvalue weighted by atomic mass is 10.1. The van der Waals surface area contributed by atoms with Gasteiger partial charge in [0.25, 0.3) is 11.8 Å². The average molecular weight is 562 g/mol. The topological polar surface area (TPSA) is 159 Å². The number of piperazine rings is 1. The van der Waals surface area contributed by atoms with Crippen LogP contribution in [0.4, 0.5) is 14.2 Å². The number of carbonyl (C=O) groups excluding carboxylic acids is 4. The second-order valence-electron chi connectivity index (χ2n) is 9.48. The Balaban J connectivity index is 1.26. The molecule has 0 atom stereocenters. The van der Waals surface area contributed by atoms with Crippen molar-refractivity contribution in [1.82, 2.24) is 24.8 Å². The average Bonchev–Trinajstić information content (AvgIpc) is 3.63. The molecule has 1 saturated carbocycles. The molecular formula is C25H32FN7O5S. The Bertz CT molecular complexity index is 1230. The van der Waals surface area contributed by atoms with Gasteiger partial charge in [0.2, 0.25) is 11.8 Å². The second kappa shape index (κ2) is 12.8. The number of carbonyl (C=O) groups is 4. The van der Waals surface area contributed by atoms with Crippen LogP contribution in [0.5, 0.6) is 5.88 Å². The standard InChI is InChI=1S/C25H32FN7O5S/c1-15(34)33-11-9-32(10-12-33)8-2-7-28-25(37)30-24-20(21(27)35)23(31-39-24)38-14-17-13-16(3-6-19(17)26)22(36)29-18-4-5-18/h3,6,13,18H,2,4-5,7-12,14H2,1H3,(H2,27,35)(H,29,36)(H2,28,30,37). The van der Waals surface area contributed by atoms with E-state index in [-0.39, 0.29) is 46.5 Å². The maximum absolute atomic E-state index is 14.4. The highest BCUT2D eigenvalue weighted by Gasteiger charge is 2.25. The number of rotatable bonds is 11. The molecule has 1 saturated heterocycles. The Morgan fingerprint density at radius 2 is 1.92 bits per heavy atom. The first-order chi connectivity index (χ1) is 18.7. The third kappa shape index (κ3) is 7.86. The second-order valence-corrected chi connectivity index (χ2v) is 10.3. The fraction of sp³-hybridized carbons (Fsp3) is 0.480. The van der Waals surface area contributed by atoms with Gasteiger partial charge in [0.15, 0.2) is 0 Å². The summed E-state index contributed by atoms with van der Waals surface area (Å²) in [6, 6.07) is 3.59. The van der Waals surface area contributed by atoms with Crippen molar-refractivity contribution in [3.63, 3.8) is 0 Å². The molecule has 2 aromatic rings. The van der Waals surface area contributed by atoms with Gasteiger partial charge in [-0.3, -0.25) is 24.6 Å². The molecule has 12 nitrogen and oxygen atoms in total. The van der Waals surface area contributed by atoms with Crippen LogP contribution >= 0.6 is 11.5 Å². The minimum Gasteiger partial charge on any atom is -0.471 e. The third-order valence-corrected chi connectivity index (χ3v) is 7.22. The van der Waals surface area contributed by atoms with Crippen molar-refractivity contribution in [3.8, 4) is 5.88 Å². The summed E-state index contributed by atoms with van der Waals surface area (Å²) in [5.74, 6) is -1.79. The van der Waals surface area contributed by atoms with Gasteiger partial charge in [0, 0.05) is 56.8 Å². The van der Waals surface area contributed by atoms with E-state index in [1.165, 1.54) is 18.2 Å². The van der Waals surface area contributed by atoms with Crippen LogP contribution in [0.25, 0.3) is 0 Å². The Morgan fingerprint density at radius 3 is 2.59 bits per heavy atom. The van der Waals surface area contributed by atoms with Gasteiger partial charge in [0.05, 0.1) is 0 Å². The van der Waals surface area contributed by atoms with Gasteiger partial charge in [-0.2, -0.15) is 4.37 Å². The number of urea groups is 1. The van der Waals surface area contributed by atoms with E-state index in [4.69, 9.17) is 10.5 Å². The number of hydrogen-bond acceptors (Lipinski definition) is 8. The molecule has 0 bridgehead atoms. The molecule has 1 aromatic heterocycles. The largest absolute Gasteiger partial charge is 0.471 e. The smallest absolute Gasteiger partial charge is 0.319 e. The molecular weight excluding hydrogens is 529 g/mol. The van der Waals surface area contributed by atoms with Crippen molar-refractivity contribution in [3.05, 3.63) is 40.7 Å². The van der Waals surface area contributed by atoms with E-state index >= 15 is 0 Å². The third-order valence-electron chi connectivity index (χ3n) is 6.47. The lowest BCUT2D eigenvalue weighted by molar-refractivity contribution is -0.130. The zero-order valence-electron chi connectivity index (χ0n) is 21.6. The van der Waals surface area contributed by atoms with Gasteiger partial charge in [-0.1, -0.05) is 0 Å². The first-order valence-corrected chi connectivity index (χ1v) is 13.5. The minimum atomic E-state index is -0.864. The van der Waals surface area contributed by atoms with Gasteiger partial charge in [-0.15, -0.1) is 0 Å². The molecule has 0 unspecified atom stereocenters. The van der Waals surface area contributed by atoms with Crippen LogP contribution in [0, 0.1) is 5.82 Å². The first kappa shape index (κ1) is 28.2. The Hall–Kier alpha value is -3.78. The van der Waals surface area contributed by atoms with E-state index in [0.717, 1.165) is 44.0 Å². The molecule has 5 N–H and O–H groups in total. The monoisotopic (exact) mass is 561 g/mol. The van der Waals surface area contributed by atoms with Crippen LogP contribution in [0.15, 0.2) is 18.2 Å². The summed E-state index contributed by atoms with van der Waals surface area (Å²) in [7, 11) is 0. The number of amides is 5. The van der Waals surface area contributed by atoms with E-state index in [2.05, 4.69) is 25.2 Å². The fourth-order valence-electron chi connectivity index (χ4n) is 4.08. The number of halogens is 1. The lowest BCUT2D eigenvalue weighted by Gasteiger charge is -2.34. The highest BCUT2D eigenvalue weighted by molar-refractivity contribution is 7.11. The van der Waals surface area contributed by atoms with Crippen LogP contribution in [0.2, 0.25) is 0 Å². The highest BCUT2D eigenvalue weighted by Crippen LogP contribution is 2.31. The summed E-state index contributed by atoms with van der Waals surface area (Å²) in [6.07, 6.45) is 2.56. The van der Waals surface area contributed by atoms with Gasteiger partial charge in [-0.25, -0.2) is 9.18 Å². The van der Waals surface area contributed by atoms with Gasteiger partial charge in [-0.05, 0) is 55.5 Å². The number of benzene rings is 1. The zero-order valence-corrected chi connectivity index (χ0v) is 22.4. The molecule has 2 fully saturated rings. The molecule has 0 radical (unpaired) electrons. The molecule has 210 valence electrons. The molecule has 5 amide bonds. The number of nitrogens with two attached hydrogens (primary N) is 1. The SMILES string of the molecule is CC(=O)N1CCN(CCCNC(=O)Nc2snc(OCc3cc(C(=O)NC4CC4)ccc3F)c2C(N)=O)CC1. The molecule has 1 aliphatic heterocycles. The Labute approximate surface area is 229 Å². The number of ether oxygens (including phenoxy) is 1. The summed E-state index contributed by atoms with van der Waals surface area (Å²) < 4.78 is 24.0. The number of nitrogens with zero attached hydrogens (tertiary/aromatic N) is 3. The molecule has 39 heavy (non-hydrogen) atoms. The molecule has 2 heterocycles. The predicted molar refractivity (Wildman–Crippen MR) is 142 cm³/mol. The minimum absolute atomic E-state index is 0.0782. The van der Waals surface area contributed by atoms with E-state index in [9.17, 15) is 23.6 Å². The normalized spacial score (nSPS) is 15.5. The molecule has 0 spiro atoms. The molecule has 4 rings (SSSR count). The van der Waals surface area contributed by atoms with Crippen molar-refractivity contribution in [1.29, 1.82) is 0 Å². The predicted octanol–water partition coefficient (Wildman–Crippen LogP) is 1.53. The highest BCUT2D eigenvalue weighted by atomic mass is 32.1. The number of anilines is 1. The number of hydrogen-bond donors (Lipinski definition) is 4. The zero-order chi connectivity index (χ0) is 27.9. The molecule has 2 aliphatic rings. The van der Waals surface area contributed by atoms with Crippen LogP contribution in [-0.4, -0.2) is 83.2 Å². The van der Waals surface area contributed by atoms with Crippen molar-refractivity contribution in [2.75, 3.05) is 44.6 Å². The Morgan fingerprint density at radius 1 is 1.18 bits per heavy atom. The summed E-state index contributed by atoms with van der Waals surface area (Å²) in [6.45, 7) is 5.42. The Kier molecular flexibility index (Phi) is 9.30. The van der Waals surface area contributed by atoms with E-state index in [1.807, 2.05) is 4.90 Å². The maximum atomic E-state index is 14.4. The summed E-state index contributed by atoms with van der Waals surface area (Å²) in [5, 5.41) is 8.24. The van der Waals surface area contributed by atoms with Crippen molar-refractivity contribution in [2.45, 2.75) is 38.8 Å². The van der Waals surface area contributed by atoms with E-state index < -0.39 is 17.8 Å². The summed E-state index contributed by atoms with van der Waals surface area (Å²) in [4.78, 5) is 52.2. The molecule has 14 heteroatoms. The first-order valence-electron chi connectivity index (χ1n) is 12.8. The maximum Gasteiger partial charge on any atom is 0.319 e. The van der Waals surface area contributed by atoms with Gasteiger partial charge < -0.3 is 26.0 Å². The van der Waals surface area contributed by atoms with Crippen molar-refractivity contribution >= 4 is 40.3 Å². The number of nitrogens with one attached hydrogen (secondary N) is 3. The fourth-order valence-corrected chi connectivity index (χ4v) is 4.82. The van der Waals surface area contributed by atoms with Crippen LogP contribution < -0.4 is 26.4 Å². The summed E-state index contributed by atoms with van der Waals surface area (Å²) in [5.41, 5.74) is 5.79. The molecule has 1 aromatic carbocycles.